The Bertz CT molecular complexity index is 507. The molecular formula is C12H14N2O3S. The Kier molecular flexibility index (Phi) is 3.99. The lowest BCUT2D eigenvalue weighted by molar-refractivity contribution is 0.0606. The smallest absolute Gasteiger partial charge is 0.349 e. The van der Waals surface area contributed by atoms with Crippen molar-refractivity contribution in [3.63, 3.8) is 0 Å². The summed E-state index contributed by atoms with van der Waals surface area (Å²) in [5.74, 6) is 0.513. The molecule has 0 spiro atoms. The minimum Gasteiger partial charge on any atom is -0.467 e. The van der Waals surface area contributed by atoms with Gasteiger partial charge in [0.15, 0.2) is 5.13 Å². The van der Waals surface area contributed by atoms with Crippen LogP contribution in [0, 0.1) is 0 Å². The molecule has 2 rings (SSSR count). The molecule has 0 aliphatic carbocycles. The number of rotatable bonds is 5. The molecule has 0 unspecified atom stereocenters. The number of nitrogens with zero attached hydrogens (tertiary/aromatic N) is 2. The van der Waals surface area contributed by atoms with Crippen LogP contribution in [-0.4, -0.2) is 24.6 Å². The van der Waals surface area contributed by atoms with Crippen molar-refractivity contribution in [3.8, 4) is 0 Å². The predicted molar refractivity (Wildman–Crippen MR) is 68.9 cm³/mol. The summed E-state index contributed by atoms with van der Waals surface area (Å²) in [5.41, 5.74) is 0. The van der Waals surface area contributed by atoms with Crippen molar-refractivity contribution in [2.45, 2.75) is 13.5 Å². The molecule has 0 atom stereocenters. The van der Waals surface area contributed by atoms with Gasteiger partial charge >= 0.3 is 5.97 Å². The molecule has 2 aromatic heterocycles. The molecule has 6 heteroatoms. The van der Waals surface area contributed by atoms with E-state index in [1.54, 1.807) is 6.26 Å². The number of thiazole rings is 1. The van der Waals surface area contributed by atoms with Crippen molar-refractivity contribution in [1.29, 1.82) is 0 Å². The van der Waals surface area contributed by atoms with Gasteiger partial charge in [0.05, 0.1) is 26.1 Å². The van der Waals surface area contributed by atoms with E-state index in [9.17, 15) is 4.79 Å². The fraction of sp³-hybridized carbons (Fsp3) is 0.333. The first kappa shape index (κ1) is 12.6. The molecule has 5 nitrogen and oxygen atoms in total. The highest BCUT2D eigenvalue weighted by atomic mass is 32.1. The van der Waals surface area contributed by atoms with Gasteiger partial charge in [0.2, 0.25) is 0 Å². The number of carbonyl (C=O) groups excluding carboxylic acids is 1. The maximum atomic E-state index is 11.4. The first-order valence-corrected chi connectivity index (χ1v) is 6.37. The molecule has 0 bridgehead atoms. The Morgan fingerprint density at radius 3 is 3.06 bits per heavy atom. The van der Waals surface area contributed by atoms with E-state index in [2.05, 4.69) is 9.72 Å². The van der Waals surface area contributed by atoms with Crippen LogP contribution in [0.2, 0.25) is 0 Å². The van der Waals surface area contributed by atoms with Gasteiger partial charge in [0, 0.05) is 6.54 Å². The predicted octanol–water partition coefficient (Wildman–Crippen LogP) is 2.55. The highest BCUT2D eigenvalue weighted by Gasteiger charge is 2.15. The fourth-order valence-electron chi connectivity index (χ4n) is 1.51. The van der Waals surface area contributed by atoms with Gasteiger partial charge in [0.25, 0.3) is 0 Å². The normalized spacial score (nSPS) is 10.3. The Hall–Kier alpha value is -1.82. The molecule has 2 heterocycles. The van der Waals surface area contributed by atoms with E-state index >= 15 is 0 Å². The van der Waals surface area contributed by atoms with Gasteiger partial charge in [-0.05, 0) is 19.1 Å². The number of furan rings is 1. The molecule has 0 amide bonds. The monoisotopic (exact) mass is 266 g/mol. The van der Waals surface area contributed by atoms with E-state index in [1.807, 2.05) is 24.0 Å². The topological polar surface area (TPSA) is 55.6 Å². The summed E-state index contributed by atoms with van der Waals surface area (Å²) in [5, 5.41) is 0.786. The van der Waals surface area contributed by atoms with E-state index in [0.29, 0.717) is 11.4 Å². The summed E-state index contributed by atoms with van der Waals surface area (Å²) in [6, 6.07) is 3.77. The minimum atomic E-state index is -0.354. The molecule has 0 saturated carbocycles. The number of methoxy groups -OCH3 is 1. The molecule has 0 aliphatic heterocycles. The van der Waals surface area contributed by atoms with Crippen LogP contribution in [0.5, 0.6) is 0 Å². The lowest BCUT2D eigenvalue weighted by atomic mass is 10.4. The Morgan fingerprint density at radius 1 is 1.61 bits per heavy atom. The van der Waals surface area contributed by atoms with Gasteiger partial charge in [-0.3, -0.25) is 0 Å². The second-order valence-corrected chi connectivity index (χ2v) is 4.60. The van der Waals surface area contributed by atoms with E-state index < -0.39 is 0 Å². The lowest BCUT2D eigenvalue weighted by Crippen LogP contribution is -2.21. The highest BCUT2D eigenvalue weighted by Crippen LogP contribution is 2.24. The maximum absolute atomic E-state index is 11.4. The van der Waals surface area contributed by atoms with E-state index in [-0.39, 0.29) is 5.97 Å². The first-order valence-electron chi connectivity index (χ1n) is 5.56. The number of aromatic nitrogens is 1. The van der Waals surface area contributed by atoms with Crippen LogP contribution in [0.1, 0.15) is 22.4 Å². The Morgan fingerprint density at radius 2 is 2.44 bits per heavy atom. The third-order valence-corrected chi connectivity index (χ3v) is 3.50. The number of esters is 1. The Balaban J connectivity index is 2.12. The van der Waals surface area contributed by atoms with Crippen LogP contribution < -0.4 is 4.90 Å². The molecule has 96 valence electrons. The molecule has 2 aromatic rings. The largest absolute Gasteiger partial charge is 0.467 e. The summed E-state index contributed by atoms with van der Waals surface area (Å²) >= 11 is 1.32. The fourth-order valence-corrected chi connectivity index (χ4v) is 2.41. The summed E-state index contributed by atoms with van der Waals surface area (Å²) in [7, 11) is 1.36. The van der Waals surface area contributed by atoms with Crippen LogP contribution in [0.15, 0.2) is 29.0 Å². The molecule has 18 heavy (non-hydrogen) atoms. The van der Waals surface area contributed by atoms with Gasteiger partial charge in [-0.1, -0.05) is 11.3 Å². The molecule has 0 N–H and O–H groups in total. The molecule has 0 aromatic carbocycles. The third kappa shape index (κ3) is 2.70. The zero-order valence-electron chi connectivity index (χ0n) is 10.3. The van der Waals surface area contributed by atoms with Gasteiger partial charge in [-0.25, -0.2) is 9.78 Å². The van der Waals surface area contributed by atoms with Crippen LogP contribution in [-0.2, 0) is 11.3 Å². The van der Waals surface area contributed by atoms with Crippen LogP contribution >= 0.6 is 11.3 Å². The van der Waals surface area contributed by atoms with Gasteiger partial charge in [0.1, 0.15) is 10.6 Å². The quantitative estimate of drug-likeness (QED) is 0.778. The van der Waals surface area contributed by atoms with Gasteiger partial charge in [-0.2, -0.15) is 0 Å². The van der Waals surface area contributed by atoms with E-state index in [1.165, 1.54) is 24.6 Å². The van der Waals surface area contributed by atoms with E-state index in [4.69, 9.17) is 4.42 Å². The van der Waals surface area contributed by atoms with E-state index in [0.717, 1.165) is 17.4 Å². The maximum Gasteiger partial charge on any atom is 0.349 e. The minimum absolute atomic E-state index is 0.354. The van der Waals surface area contributed by atoms with Gasteiger partial charge < -0.3 is 14.1 Å². The van der Waals surface area contributed by atoms with Crippen molar-refractivity contribution < 1.29 is 13.9 Å². The molecule has 0 aliphatic rings. The number of hydrogen-bond donors (Lipinski definition) is 0. The second kappa shape index (κ2) is 5.68. The van der Waals surface area contributed by atoms with Gasteiger partial charge in [-0.15, -0.1) is 0 Å². The van der Waals surface area contributed by atoms with Crippen LogP contribution in [0.4, 0.5) is 5.13 Å². The summed E-state index contributed by atoms with van der Waals surface area (Å²) in [4.78, 5) is 18.1. The average Bonchev–Trinajstić information content (AvgIpc) is 3.05. The number of anilines is 1. The van der Waals surface area contributed by atoms with Crippen LogP contribution in [0.3, 0.4) is 0 Å². The highest BCUT2D eigenvalue weighted by molar-refractivity contribution is 7.17. The molecular weight excluding hydrogens is 252 g/mol. The first-order chi connectivity index (χ1) is 8.74. The summed E-state index contributed by atoms with van der Waals surface area (Å²) < 4.78 is 9.97. The van der Waals surface area contributed by atoms with Crippen molar-refractivity contribution in [1.82, 2.24) is 4.98 Å². The number of carbonyl (C=O) groups is 1. The number of hydrogen-bond acceptors (Lipinski definition) is 6. The SMILES string of the molecule is CCN(Cc1ccco1)c1ncc(C(=O)OC)s1. The van der Waals surface area contributed by atoms with Crippen molar-refractivity contribution in [3.05, 3.63) is 35.2 Å². The summed E-state index contributed by atoms with van der Waals surface area (Å²) in [6.07, 6.45) is 3.18. The number of ether oxygens (including phenoxy) is 1. The molecule has 0 radical (unpaired) electrons. The molecule has 0 fully saturated rings. The molecule has 0 saturated heterocycles. The standard InChI is InChI=1S/C12H14N2O3S/c1-3-14(8-9-5-4-6-17-9)12-13-7-10(18-12)11(15)16-2/h4-7H,3,8H2,1-2H3. The van der Waals surface area contributed by atoms with Crippen molar-refractivity contribution in [2.75, 3.05) is 18.6 Å². The van der Waals surface area contributed by atoms with Crippen molar-refractivity contribution in [2.24, 2.45) is 0 Å². The Labute approximate surface area is 109 Å². The van der Waals surface area contributed by atoms with Crippen molar-refractivity contribution >= 4 is 22.4 Å². The average molecular weight is 266 g/mol. The third-order valence-electron chi connectivity index (χ3n) is 2.46. The summed E-state index contributed by atoms with van der Waals surface area (Å²) in [6.45, 7) is 3.45. The lowest BCUT2D eigenvalue weighted by Gasteiger charge is -2.17. The zero-order valence-corrected chi connectivity index (χ0v) is 11.1. The van der Waals surface area contributed by atoms with Crippen LogP contribution in [0.25, 0.3) is 0 Å². The second-order valence-electron chi connectivity index (χ2n) is 3.59. The zero-order chi connectivity index (χ0) is 13.0.